The van der Waals surface area contributed by atoms with Crippen molar-refractivity contribution >= 4 is 7.60 Å². The number of hydroxylamine groups is 1. The molecule has 0 fully saturated rings. The van der Waals surface area contributed by atoms with Crippen LogP contribution in [-0.4, -0.2) is 38.9 Å². The Morgan fingerprint density at radius 2 is 2.00 bits per heavy atom. The summed E-state index contributed by atoms with van der Waals surface area (Å²) >= 11 is 0. The van der Waals surface area contributed by atoms with Gasteiger partial charge in [0.2, 0.25) is 0 Å². The first kappa shape index (κ1) is 10.0. The van der Waals surface area contributed by atoms with Crippen LogP contribution in [0, 0.1) is 0 Å². The Labute approximate surface area is 57.6 Å². The second-order valence-electron chi connectivity index (χ2n) is 1.86. The summed E-state index contributed by atoms with van der Waals surface area (Å²) in [6.45, 7) is -0.245. The van der Waals surface area contributed by atoms with Crippen LogP contribution in [0.3, 0.4) is 0 Å². The van der Waals surface area contributed by atoms with E-state index < -0.39 is 19.9 Å². The number of rotatable bonds is 4. The second-order valence-corrected chi connectivity index (χ2v) is 3.56. The van der Waals surface area contributed by atoms with Crippen molar-refractivity contribution in [2.24, 2.45) is 0 Å². The lowest BCUT2D eigenvalue weighted by Crippen LogP contribution is -2.26. The van der Waals surface area contributed by atoms with Gasteiger partial charge in [0.15, 0.2) is 0 Å². The van der Waals surface area contributed by atoms with E-state index in [0.29, 0.717) is 0 Å². The van der Waals surface area contributed by atoms with Crippen molar-refractivity contribution in [2.75, 3.05) is 12.7 Å². The Bertz CT molecular complexity index is 133. The van der Waals surface area contributed by atoms with Gasteiger partial charge in [-0.3, -0.25) is 4.57 Å². The van der Waals surface area contributed by atoms with Crippen LogP contribution in [0.4, 0.5) is 0 Å². The molecule has 0 aromatic rings. The molecule has 0 aromatic carbocycles. The van der Waals surface area contributed by atoms with Crippen molar-refractivity contribution in [2.45, 2.75) is 6.10 Å². The Morgan fingerprint density at radius 3 is 2.30 bits per heavy atom. The maximum atomic E-state index is 10.1. The third kappa shape index (κ3) is 6.15. The Kier molecular flexibility index (Phi) is 4.04. The number of hydrogen-bond donors (Lipinski definition) is 5. The number of aliphatic hydroxyl groups excluding tert-OH is 1. The Balaban J connectivity index is 3.58. The van der Waals surface area contributed by atoms with Gasteiger partial charge >= 0.3 is 7.60 Å². The van der Waals surface area contributed by atoms with E-state index in [9.17, 15) is 4.57 Å². The molecule has 5 N–H and O–H groups in total. The fraction of sp³-hybridized carbons (Fsp3) is 1.00. The van der Waals surface area contributed by atoms with Crippen LogP contribution in [0.15, 0.2) is 0 Å². The highest BCUT2D eigenvalue weighted by Crippen LogP contribution is 2.34. The van der Waals surface area contributed by atoms with Crippen LogP contribution in [-0.2, 0) is 4.57 Å². The molecule has 0 aliphatic heterocycles. The fourth-order valence-electron chi connectivity index (χ4n) is 0.444. The third-order valence-corrected chi connectivity index (χ3v) is 1.67. The van der Waals surface area contributed by atoms with E-state index in [-0.39, 0.29) is 6.54 Å². The lowest BCUT2D eigenvalue weighted by Gasteiger charge is -2.09. The van der Waals surface area contributed by atoms with Gasteiger partial charge in [0.05, 0.1) is 12.3 Å². The normalized spacial score (nSPS) is 15.2. The van der Waals surface area contributed by atoms with Crippen molar-refractivity contribution in [3.05, 3.63) is 0 Å². The molecule has 0 heterocycles. The summed E-state index contributed by atoms with van der Waals surface area (Å²) < 4.78 is 10.1. The van der Waals surface area contributed by atoms with E-state index in [1.807, 2.05) is 0 Å². The molecule has 0 spiro atoms. The molecule has 6 nitrogen and oxygen atoms in total. The standard InChI is InChI=1S/C3H10NO5P/c5-3(1-4-6)2-10(7,8)9/h3-6H,1-2H2,(H2,7,8,9)/t3-/m1/s1. The van der Waals surface area contributed by atoms with Gasteiger partial charge in [-0.25, -0.2) is 5.48 Å². The van der Waals surface area contributed by atoms with Crippen molar-refractivity contribution in [3.8, 4) is 0 Å². The van der Waals surface area contributed by atoms with Crippen molar-refractivity contribution < 1.29 is 24.7 Å². The minimum absolute atomic E-state index is 0.245. The quantitative estimate of drug-likeness (QED) is 0.260. The van der Waals surface area contributed by atoms with Crippen molar-refractivity contribution in [1.29, 1.82) is 0 Å². The van der Waals surface area contributed by atoms with Crippen LogP contribution in [0.2, 0.25) is 0 Å². The maximum Gasteiger partial charge on any atom is 0.328 e. The molecule has 0 amide bonds. The zero-order valence-corrected chi connectivity index (χ0v) is 6.03. The molecule has 7 heteroatoms. The van der Waals surface area contributed by atoms with E-state index in [0.717, 1.165) is 0 Å². The second kappa shape index (κ2) is 4.02. The smallest absolute Gasteiger partial charge is 0.328 e. The summed E-state index contributed by atoms with van der Waals surface area (Å²) in [6.07, 6.45) is -1.86. The molecule has 0 aromatic heterocycles. The monoisotopic (exact) mass is 171 g/mol. The van der Waals surface area contributed by atoms with Gasteiger partial charge in [0.25, 0.3) is 0 Å². The molecular formula is C3H10NO5P. The first-order chi connectivity index (χ1) is 4.45. The SMILES string of the molecule is O=P(O)(O)C[C@H](O)CNO. The Hall–Kier alpha value is 0.0300. The molecule has 0 radical (unpaired) electrons. The van der Waals surface area contributed by atoms with Gasteiger partial charge in [0.1, 0.15) is 0 Å². The summed E-state index contributed by atoms with van der Waals surface area (Å²) in [5.74, 6) is 0. The average Bonchev–Trinajstić information content (AvgIpc) is 1.59. The minimum Gasteiger partial charge on any atom is -0.391 e. The highest BCUT2D eigenvalue weighted by Gasteiger charge is 2.18. The van der Waals surface area contributed by atoms with Crippen LogP contribution in [0.1, 0.15) is 0 Å². The van der Waals surface area contributed by atoms with Crippen LogP contribution < -0.4 is 5.48 Å². The summed E-state index contributed by atoms with van der Waals surface area (Å²) in [4.78, 5) is 16.5. The summed E-state index contributed by atoms with van der Waals surface area (Å²) in [6, 6.07) is 0. The van der Waals surface area contributed by atoms with E-state index in [1.54, 1.807) is 5.48 Å². The van der Waals surface area contributed by atoms with E-state index >= 15 is 0 Å². The molecule has 0 saturated carbocycles. The zero-order chi connectivity index (χ0) is 8.20. The molecule has 0 bridgehead atoms. The molecule has 62 valence electrons. The van der Waals surface area contributed by atoms with Gasteiger partial charge in [-0.15, -0.1) is 0 Å². The largest absolute Gasteiger partial charge is 0.391 e. The average molecular weight is 171 g/mol. The fourth-order valence-corrected chi connectivity index (χ4v) is 1.12. The highest BCUT2D eigenvalue weighted by atomic mass is 31.2. The van der Waals surface area contributed by atoms with E-state index in [2.05, 4.69) is 0 Å². The molecular weight excluding hydrogens is 161 g/mol. The number of hydrogen-bond acceptors (Lipinski definition) is 4. The van der Waals surface area contributed by atoms with Crippen LogP contribution in [0.25, 0.3) is 0 Å². The van der Waals surface area contributed by atoms with Crippen molar-refractivity contribution in [3.63, 3.8) is 0 Å². The van der Waals surface area contributed by atoms with Gasteiger partial charge < -0.3 is 20.1 Å². The first-order valence-electron chi connectivity index (χ1n) is 2.55. The van der Waals surface area contributed by atoms with Crippen molar-refractivity contribution in [1.82, 2.24) is 5.48 Å². The van der Waals surface area contributed by atoms with Gasteiger partial charge in [-0.05, 0) is 0 Å². The lowest BCUT2D eigenvalue weighted by atomic mass is 10.4. The van der Waals surface area contributed by atoms with Crippen LogP contribution >= 0.6 is 7.60 Å². The number of aliphatic hydroxyl groups is 1. The molecule has 0 unspecified atom stereocenters. The lowest BCUT2D eigenvalue weighted by molar-refractivity contribution is 0.100. The zero-order valence-electron chi connectivity index (χ0n) is 5.14. The highest BCUT2D eigenvalue weighted by molar-refractivity contribution is 7.51. The minimum atomic E-state index is -4.15. The van der Waals surface area contributed by atoms with E-state index in [1.165, 1.54) is 0 Å². The molecule has 0 rings (SSSR count). The maximum absolute atomic E-state index is 10.1. The molecule has 0 aliphatic carbocycles. The van der Waals surface area contributed by atoms with Gasteiger partial charge in [0, 0.05) is 6.54 Å². The van der Waals surface area contributed by atoms with Gasteiger partial charge in [-0.2, -0.15) is 0 Å². The summed E-state index contributed by atoms with van der Waals surface area (Å²) in [7, 11) is -4.15. The van der Waals surface area contributed by atoms with Gasteiger partial charge in [-0.1, -0.05) is 0 Å². The predicted molar refractivity (Wildman–Crippen MR) is 32.7 cm³/mol. The first-order valence-corrected chi connectivity index (χ1v) is 4.35. The van der Waals surface area contributed by atoms with E-state index in [4.69, 9.17) is 20.1 Å². The predicted octanol–water partition coefficient (Wildman–Crippen LogP) is -1.50. The molecule has 1 atom stereocenters. The molecule has 0 saturated heterocycles. The van der Waals surface area contributed by atoms with Crippen LogP contribution in [0.5, 0.6) is 0 Å². The Morgan fingerprint density at radius 1 is 1.50 bits per heavy atom. The summed E-state index contributed by atoms with van der Waals surface area (Å²) in [5, 5.41) is 16.6. The molecule has 10 heavy (non-hydrogen) atoms. The number of nitrogens with one attached hydrogen (secondary N) is 1. The topological polar surface area (TPSA) is 110 Å². The third-order valence-electron chi connectivity index (χ3n) is 0.775. The molecule has 0 aliphatic rings. The summed E-state index contributed by atoms with van der Waals surface area (Å²) in [5.41, 5.74) is 1.60.